The first-order valence-corrected chi connectivity index (χ1v) is 11.4. The average molecular weight is 485 g/mol. The van der Waals surface area contributed by atoms with E-state index in [9.17, 15) is 14.4 Å². The van der Waals surface area contributed by atoms with Gasteiger partial charge in [0.1, 0.15) is 12.4 Å². The third-order valence-electron chi connectivity index (χ3n) is 6.29. The Morgan fingerprint density at radius 3 is 2.14 bits per heavy atom. The van der Waals surface area contributed by atoms with Crippen LogP contribution in [0.4, 0.5) is 0 Å². The highest BCUT2D eigenvalue weighted by molar-refractivity contribution is 6.12. The van der Waals surface area contributed by atoms with Gasteiger partial charge in [-0.25, -0.2) is 5.48 Å². The van der Waals surface area contributed by atoms with Crippen LogP contribution in [0.5, 0.6) is 5.75 Å². The summed E-state index contributed by atoms with van der Waals surface area (Å²) in [7, 11) is 2.68. The molecule has 1 saturated heterocycles. The summed E-state index contributed by atoms with van der Waals surface area (Å²) in [4.78, 5) is 40.8. The number of benzene rings is 2. The molecular weight excluding hydrogens is 452 g/mol. The van der Waals surface area contributed by atoms with Crippen LogP contribution in [0.15, 0.2) is 48.5 Å². The molecule has 1 aliphatic rings. The van der Waals surface area contributed by atoms with E-state index < -0.39 is 23.3 Å². The summed E-state index contributed by atoms with van der Waals surface area (Å²) < 4.78 is 11.2. The topological polar surface area (TPSA) is 120 Å². The highest BCUT2D eigenvalue weighted by Gasteiger charge is 2.47. The zero-order valence-electron chi connectivity index (χ0n) is 20.2. The predicted octanol–water partition coefficient (Wildman–Crippen LogP) is 1.15. The maximum atomic E-state index is 13.0. The molecule has 188 valence electrons. The number of nitrogens with zero attached hydrogens (tertiary/aromatic N) is 2. The lowest BCUT2D eigenvalue weighted by molar-refractivity contribution is -0.148. The Balaban J connectivity index is 1.64. The highest BCUT2D eigenvalue weighted by Crippen LogP contribution is 2.24. The molecule has 10 heteroatoms. The van der Waals surface area contributed by atoms with Crippen LogP contribution in [0.2, 0.25) is 0 Å². The van der Waals surface area contributed by atoms with E-state index in [2.05, 4.69) is 10.2 Å². The van der Waals surface area contributed by atoms with Crippen LogP contribution in [0, 0.1) is 0 Å². The standard InChI is InChI=1S/C25H32N4O6/c1-25(23(31)26-2,24(32)27-33)28(3)22(30)20-6-4-18(5-7-20)19-8-10-21(11-9-19)35-17-14-29-12-15-34-16-13-29/h4-11,33H,12-17H2,1-3H3,(H,26,31)(H,27,32). The number of nitrogens with one attached hydrogen (secondary N) is 2. The third-order valence-corrected chi connectivity index (χ3v) is 6.29. The minimum atomic E-state index is -1.93. The SMILES string of the molecule is CNC(=O)C(C)(C(=O)NO)N(C)C(=O)c1ccc(-c2ccc(OCCN3CCOCC3)cc2)cc1. The van der Waals surface area contributed by atoms with Gasteiger partial charge in [0.05, 0.1) is 13.2 Å². The molecule has 1 aliphatic heterocycles. The average Bonchev–Trinajstić information content (AvgIpc) is 2.91. The van der Waals surface area contributed by atoms with Gasteiger partial charge in [-0.3, -0.25) is 24.5 Å². The van der Waals surface area contributed by atoms with E-state index >= 15 is 0 Å². The largest absolute Gasteiger partial charge is 0.492 e. The van der Waals surface area contributed by atoms with Gasteiger partial charge in [-0.15, -0.1) is 0 Å². The molecule has 1 heterocycles. The van der Waals surface area contributed by atoms with Gasteiger partial charge in [0.25, 0.3) is 17.7 Å². The molecule has 3 N–H and O–H groups in total. The lowest BCUT2D eigenvalue weighted by atomic mass is 9.96. The molecule has 2 aromatic carbocycles. The first-order chi connectivity index (χ1) is 16.8. The molecule has 0 saturated carbocycles. The van der Waals surface area contributed by atoms with Crippen LogP contribution in [0.3, 0.4) is 0 Å². The summed E-state index contributed by atoms with van der Waals surface area (Å²) in [6, 6.07) is 14.5. The normalized spacial score (nSPS) is 15.5. The van der Waals surface area contributed by atoms with Gasteiger partial charge < -0.3 is 19.7 Å². The van der Waals surface area contributed by atoms with E-state index in [1.165, 1.54) is 26.5 Å². The van der Waals surface area contributed by atoms with Crippen molar-refractivity contribution < 1.29 is 29.1 Å². The molecule has 35 heavy (non-hydrogen) atoms. The molecule has 0 aromatic heterocycles. The van der Waals surface area contributed by atoms with E-state index in [1.807, 2.05) is 24.3 Å². The van der Waals surface area contributed by atoms with Crippen LogP contribution in [-0.2, 0) is 14.3 Å². The first kappa shape index (κ1) is 26.1. The van der Waals surface area contributed by atoms with Gasteiger partial charge in [0, 0.05) is 39.3 Å². The molecule has 1 fully saturated rings. The van der Waals surface area contributed by atoms with Crippen molar-refractivity contribution in [3.63, 3.8) is 0 Å². The van der Waals surface area contributed by atoms with Crippen molar-refractivity contribution in [2.45, 2.75) is 12.5 Å². The molecule has 2 aromatic rings. The minimum absolute atomic E-state index is 0.292. The van der Waals surface area contributed by atoms with Gasteiger partial charge in [-0.1, -0.05) is 24.3 Å². The Morgan fingerprint density at radius 1 is 1.03 bits per heavy atom. The molecular formula is C25H32N4O6. The molecule has 0 bridgehead atoms. The Morgan fingerprint density at radius 2 is 1.60 bits per heavy atom. The van der Waals surface area contributed by atoms with Crippen molar-refractivity contribution in [2.75, 3.05) is 53.6 Å². The number of hydrogen-bond acceptors (Lipinski definition) is 7. The number of ether oxygens (including phenoxy) is 2. The van der Waals surface area contributed by atoms with Crippen molar-refractivity contribution in [1.29, 1.82) is 0 Å². The first-order valence-electron chi connectivity index (χ1n) is 11.4. The zero-order valence-corrected chi connectivity index (χ0v) is 20.2. The monoisotopic (exact) mass is 484 g/mol. The number of amides is 3. The number of hydrogen-bond donors (Lipinski definition) is 3. The Kier molecular flexibility index (Phi) is 8.80. The van der Waals surface area contributed by atoms with Gasteiger partial charge >= 0.3 is 0 Å². The second-order valence-corrected chi connectivity index (χ2v) is 8.36. The van der Waals surface area contributed by atoms with Crippen LogP contribution in [0.25, 0.3) is 11.1 Å². The molecule has 1 unspecified atom stereocenters. The summed E-state index contributed by atoms with van der Waals surface area (Å²) in [5, 5.41) is 11.4. The number of rotatable bonds is 9. The maximum absolute atomic E-state index is 13.0. The molecule has 3 amide bonds. The van der Waals surface area contributed by atoms with Crippen molar-refractivity contribution in [3.8, 4) is 16.9 Å². The Bertz CT molecular complexity index is 1000. The number of morpholine rings is 1. The zero-order chi connectivity index (χ0) is 25.4. The Labute approximate surface area is 204 Å². The fourth-order valence-electron chi connectivity index (χ4n) is 3.82. The molecule has 1 atom stereocenters. The van der Waals surface area contributed by atoms with Gasteiger partial charge in [0.15, 0.2) is 5.54 Å². The van der Waals surface area contributed by atoms with E-state index in [1.54, 1.807) is 24.3 Å². The molecule has 10 nitrogen and oxygen atoms in total. The van der Waals surface area contributed by atoms with Gasteiger partial charge in [0.2, 0.25) is 0 Å². The van der Waals surface area contributed by atoms with Crippen molar-refractivity contribution in [2.24, 2.45) is 0 Å². The fourth-order valence-corrected chi connectivity index (χ4v) is 3.82. The summed E-state index contributed by atoms with van der Waals surface area (Å²) in [6.07, 6.45) is 0. The smallest absolute Gasteiger partial charge is 0.278 e. The lowest BCUT2D eigenvalue weighted by Crippen LogP contribution is -2.64. The number of hydroxylamine groups is 1. The quantitative estimate of drug-likeness (QED) is 0.277. The summed E-state index contributed by atoms with van der Waals surface area (Å²) >= 11 is 0. The van der Waals surface area contributed by atoms with E-state index in [4.69, 9.17) is 14.7 Å². The van der Waals surface area contributed by atoms with E-state index in [0.29, 0.717) is 12.2 Å². The van der Waals surface area contributed by atoms with Crippen LogP contribution in [-0.4, -0.2) is 91.8 Å². The fraction of sp³-hybridized carbons (Fsp3) is 0.400. The van der Waals surface area contributed by atoms with E-state index in [-0.39, 0.29) is 0 Å². The number of carbonyl (C=O) groups is 3. The second-order valence-electron chi connectivity index (χ2n) is 8.36. The van der Waals surface area contributed by atoms with Crippen molar-refractivity contribution in [1.82, 2.24) is 20.6 Å². The highest BCUT2D eigenvalue weighted by atomic mass is 16.5. The van der Waals surface area contributed by atoms with E-state index in [0.717, 1.165) is 54.6 Å². The third kappa shape index (κ3) is 5.97. The summed E-state index contributed by atoms with van der Waals surface area (Å²) in [5.41, 5.74) is 1.67. The molecule has 0 radical (unpaired) electrons. The van der Waals surface area contributed by atoms with Crippen molar-refractivity contribution in [3.05, 3.63) is 54.1 Å². The Hall–Kier alpha value is -3.47. The number of likely N-dealkylation sites (N-methyl/N-ethyl adjacent to an activating group) is 2. The van der Waals surface area contributed by atoms with Crippen LogP contribution >= 0.6 is 0 Å². The molecule has 3 rings (SSSR count). The summed E-state index contributed by atoms with van der Waals surface area (Å²) in [6.45, 7) is 6.10. The molecule has 0 aliphatic carbocycles. The van der Waals surface area contributed by atoms with Gasteiger partial charge in [-0.2, -0.15) is 0 Å². The second kappa shape index (κ2) is 11.8. The van der Waals surface area contributed by atoms with Crippen molar-refractivity contribution >= 4 is 17.7 Å². The van der Waals surface area contributed by atoms with Crippen LogP contribution in [0.1, 0.15) is 17.3 Å². The number of carbonyl (C=O) groups excluding carboxylic acids is 3. The lowest BCUT2D eigenvalue weighted by Gasteiger charge is -2.34. The maximum Gasteiger partial charge on any atom is 0.278 e. The van der Waals surface area contributed by atoms with Crippen LogP contribution < -0.4 is 15.5 Å². The summed E-state index contributed by atoms with van der Waals surface area (Å²) in [5.74, 6) is -1.51. The minimum Gasteiger partial charge on any atom is -0.492 e. The van der Waals surface area contributed by atoms with Gasteiger partial charge in [-0.05, 0) is 42.3 Å². The predicted molar refractivity (Wildman–Crippen MR) is 129 cm³/mol. The molecule has 0 spiro atoms.